The van der Waals surface area contributed by atoms with Gasteiger partial charge in [-0.1, -0.05) is 26.1 Å². The van der Waals surface area contributed by atoms with E-state index in [0.717, 1.165) is 101 Å². The summed E-state index contributed by atoms with van der Waals surface area (Å²) in [7, 11) is 0. The molecule has 7 heteroatoms. The molecular formula is C31H38BrFN4O. The van der Waals surface area contributed by atoms with Gasteiger partial charge in [0, 0.05) is 67.8 Å². The number of nitrogens with zero attached hydrogens (tertiary/aromatic N) is 2. The van der Waals surface area contributed by atoms with Gasteiger partial charge in [-0.05, 0) is 83.4 Å². The molecule has 202 valence electrons. The van der Waals surface area contributed by atoms with E-state index in [4.69, 9.17) is 10.5 Å². The highest BCUT2D eigenvalue weighted by Crippen LogP contribution is 2.51. The van der Waals surface area contributed by atoms with Gasteiger partial charge in [0.1, 0.15) is 5.82 Å². The Morgan fingerprint density at radius 2 is 1.92 bits per heavy atom. The molecule has 0 aliphatic carbocycles. The Labute approximate surface area is 234 Å². The Morgan fingerprint density at radius 1 is 1.21 bits per heavy atom. The number of nitrogens with two attached hydrogens (primary N) is 1. The van der Waals surface area contributed by atoms with E-state index < -0.39 is 0 Å². The molecule has 0 spiro atoms. The molecule has 0 saturated carbocycles. The Morgan fingerprint density at radius 3 is 2.58 bits per heavy atom. The van der Waals surface area contributed by atoms with Crippen LogP contribution in [0.5, 0.6) is 0 Å². The Hall–Kier alpha value is -2.61. The van der Waals surface area contributed by atoms with Crippen LogP contribution in [0.1, 0.15) is 43.4 Å². The smallest absolute Gasteiger partial charge is 0.148 e. The highest BCUT2D eigenvalue weighted by atomic mass is 79.9. The van der Waals surface area contributed by atoms with E-state index in [1.54, 1.807) is 6.07 Å². The van der Waals surface area contributed by atoms with Crippen molar-refractivity contribution in [2.45, 2.75) is 46.1 Å². The molecule has 3 aliphatic heterocycles. The van der Waals surface area contributed by atoms with Gasteiger partial charge in [0.25, 0.3) is 0 Å². The van der Waals surface area contributed by atoms with E-state index in [9.17, 15) is 0 Å². The first kappa shape index (κ1) is 27.0. The number of rotatable bonds is 7. The van der Waals surface area contributed by atoms with E-state index in [2.05, 4.69) is 63.4 Å². The van der Waals surface area contributed by atoms with Crippen molar-refractivity contribution in [3.05, 3.63) is 75.7 Å². The summed E-state index contributed by atoms with van der Waals surface area (Å²) in [5, 5.41) is 3.69. The Kier molecular flexibility index (Phi) is 7.72. The first-order chi connectivity index (χ1) is 18.2. The lowest BCUT2D eigenvalue weighted by Gasteiger charge is -2.43. The third kappa shape index (κ3) is 4.92. The lowest BCUT2D eigenvalue weighted by molar-refractivity contribution is 0.0765. The van der Waals surface area contributed by atoms with Crippen molar-refractivity contribution in [2.75, 3.05) is 48.4 Å². The number of fused-ring (bicyclic) bond motifs is 1. The van der Waals surface area contributed by atoms with Crippen molar-refractivity contribution in [2.24, 2.45) is 5.92 Å². The van der Waals surface area contributed by atoms with Gasteiger partial charge in [-0.25, -0.2) is 4.39 Å². The minimum Gasteiger partial charge on any atom is -0.398 e. The molecule has 3 heterocycles. The van der Waals surface area contributed by atoms with Crippen molar-refractivity contribution in [1.82, 2.24) is 5.32 Å². The second-order valence-corrected chi connectivity index (χ2v) is 11.6. The lowest BCUT2D eigenvalue weighted by atomic mass is 9.89. The second kappa shape index (κ2) is 10.9. The number of nitrogen functional groups attached to an aromatic ring is 1. The molecule has 5 nitrogen and oxygen atoms in total. The van der Waals surface area contributed by atoms with Crippen molar-refractivity contribution in [1.29, 1.82) is 0 Å². The average molecular weight is 582 g/mol. The minimum absolute atomic E-state index is 0.241. The third-order valence-electron chi connectivity index (χ3n) is 8.07. The number of hydrogen-bond acceptors (Lipinski definition) is 5. The maximum Gasteiger partial charge on any atom is 0.148 e. The predicted octanol–water partition coefficient (Wildman–Crippen LogP) is 6.87. The van der Waals surface area contributed by atoms with Gasteiger partial charge in [-0.15, -0.1) is 0 Å². The van der Waals surface area contributed by atoms with E-state index in [0.29, 0.717) is 17.6 Å². The molecule has 2 fully saturated rings. The molecule has 2 saturated heterocycles. The SMILES string of the molecule is C=C(C)C1=CN(c2cc(N)c(C)cc2CC)c2c(cc(F)c(N3CC(CNC4CCOCC4)C3)c2Br)C1=C. The predicted molar refractivity (Wildman–Crippen MR) is 161 cm³/mol. The molecule has 2 aromatic carbocycles. The van der Waals surface area contributed by atoms with Crippen LogP contribution in [-0.4, -0.2) is 38.9 Å². The molecule has 0 bridgehead atoms. The topological polar surface area (TPSA) is 53.8 Å². The number of halogens is 2. The van der Waals surface area contributed by atoms with E-state index >= 15 is 4.39 Å². The molecule has 0 atom stereocenters. The van der Waals surface area contributed by atoms with Crippen LogP contribution < -0.4 is 20.9 Å². The molecule has 5 rings (SSSR count). The average Bonchev–Trinajstić information content (AvgIpc) is 2.87. The van der Waals surface area contributed by atoms with Crippen LogP contribution >= 0.6 is 15.9 Å². The summed E-state index contributed by atoms with van der Waals surface area (Å²) in [4.78, 5) is 4.28. The van der Waals surface area contributed by atoms with E-state index in [1.165, 1.54) is 5.56 Å². The van der Waals surface area contributed by atoms with Gasteiger partial charge in [-0.3, -0.25) is 0 Å². The zero-order valence-corrected chi connectivity index (χ0v) is 24.3. The van der Waals surface area contributed by atoms with Crippen molar-refractivity contribution in [3.8, 4) is 0 Å². The van der Waals surface area contributed by atoms with E-state index in [1.807, 2.05) is 19.9 Å². The summed E-state index contributed by atoms with van der Waals surface area (Å²) < 4.78 is 22.0. The van der Waals surface area contributed by atoms with E-state index in [-0.39, 0.29) is 5.82 Å². The number of nitrogens with one attached hydrogen (secondary N) is 1. The third-order valence-corrected chi connectivity index (χ3v) is 8.83. The van der Waals surface area contributed by atoms with Gasteiger partial charge in [0.15, 0.2) is 0 Å². The van der Waals surface area contributed by atoms with Crippen molar-refractivity contribution >= 4 is 44.3 Å². The van der Waals surface area contributed by atoms with Crippen LogP contribution in [-0.2, 0) is 11.2 Å². The van der Waals surface area contributed by atoms with Gasteiger partial charge in [0.05, 0.1) is 21.5 Å². The Balaban J connectivity index is 1.49. The maximum atomic E-state index is 15.8. The molecular weight excluding hydrogens is 543 g/mol. The largest absolute Gasteiger partial charge is 0.398 e. The monoisotopic (exact) mass is 580 g/mol. The van der Waals surface area contributed by atoms with Crippen LogP contribution in [0, 0.1) is 18.7 Å². The standard InChI is InChI=1S/C31H38BrFN4O/c1-6-22-11-19(4)27(34)13-28(22)37-17-25(18(2)3)20(5)24-12-26(33)31(29(32)30(24)37)36-15-21(16-36)14-35-23-7-9-38-10-8-23/h11-13,17,21,23,35H,2,5-10,14-16,34H2,1,3-4H3. The second-order valence-electron chi connectivity index (χ2n) is 10.8. The van der Waals surface area contributed by atoms with Gasteiger partial charge < -0.3 is 25.6 Å². The first-order valence-corrected chi connectivity index (χ1v) is 14.3. The van der Waals surface area contributed by atoms with Gasteiger partial charge in [0.2, 0.25) is 0 Å². The summed E-state index contributed by atoms with van der Waals surface area (Å²) in [6.45, 7) is 18.9. The fraction of sp³-hybridized carbons (Fsp3) is 0.419. The summed E-state index contributed by atoms with van der Waals surface area (Å²) >= 11 is 3.84. The van der Waals surface area contributed by atoms with Crippen molar-refractivity contribution in [3.63, 3.8) is 0 Å². The molecule has 0 aromatic heterocycles. The Bertz CT molecular complexity index is 1310. The minimum atomic E-state index is -0.241. The molecule has 0 amide bonds. The number of allylic oxidation sites excluding steroid dienone is 3. The molecule has 2 aromatic rings. The molecule has 38 heavy (non-hydrogen) atoms. The number of hydrogen-bond donors (Lipinski definition) is 2. The van der Waals surface area contributed by atoms with Crippen LogP contribution in [0.15, 0.2) is 53.2 Å². The summed E-state index contributed by atoms with van der Waals surface area (Å²) in [5.41, 5.74) is 15.1. The quantitative estimate of drug-likeness (QED) is 0.350. The fourth-order valence-electron chi connectivity index (χ4n) is 5.72. The number of anilines is 4. The zero-order chi connectivity index (χ0) is 27.1. The lowest BCUT2D eigenvalue weighted by Crippen LogP contribution is -2.53. The summed E-state index contributed by atoms with van der Waals surface area (Å²) in [6.07, 6.45) is 5.03. The van der Waals surface area contributed by atoms with Crippen LogP contribution in [0.2, 0.25) is 0 Å². The van der Waals surface area contributed by atoms with Crippen LogP contribution in [0.3, 0.4) is 0 Å². The number of benzene rings is 2. The zero-order valence-electron chi connectivity index (χ0n) is 22.7. The van der Waals surface area contributed by atoms with Gasteiger partial charge in [-0.2, -0.15) is 0 Å². The molecule has 3 N–H and O–H groups in total. The first-order valence-electron chi connectivity index (χ1n) is 13.5. The maximum absolute atomic E-state index is 15.8. The summed E-state index contributed by atoms with van der Waals surface area (Å²) in [5.74, 6) is 0.249. The van der Waals surface area contributed by atoms with Crippen LogP contribution in [0.25, 0.3) is 5.57 Å². The molecule has 3 aliphatic rings. The number of ether oxygens (including phenoxy) is 1. The van der Waals surface area contributed by atoms with Crippen LogP contribution in [0.4, 0.5) is 27.1 Å². The number of aryl methyl sites for hydroxylation is 2. The highest BCUT2D eigenvalue weighted by Gasteiger charge is 2.35. The molecule has 0 unspecified atom stereocenters. The molecule has 0 radical (unpaired) electrons. The van der Waals surface area contributed by atoms with Crippen molar-refractivity contribution < 1.29 is 9.13 Å². The fourth-order valence-corrected chi connectivity index (χ4v) is 6.57. The van der Waals surface area contributed by atoms with Gasteiger partial charge >= 0.3 is 0 Å². The summed E-state index contributed by atoms with van der Waals surface area (Å²) in [6, 6.07) is 6.33. The highest BCUT2D eigenvalue weighted by molar-refractivity contribution is 9.10. The normalized spacial score (nSPS) is 18.3.